The molecule has 1 aliphatic rings. The van der Waals surface area contributed by atoms with Crippen molar-refractivity contribution >= 4 is 11.7 Å². The Kier molecular flexibility index (Phi) is 4.46. The smallest absolute Gasteiger partial charge is 0.252 e. The van der Waals surface area contributed by atoms with Gasteiger partial charge in [-0.25, -0.2) is 9.97 Å². The second-order valence-corrected chi connectivity index (χ2v) is 7.10. The lowest BCUT2D eigenvalue weighted by atomic mass is 9.92. The summed E-state index contributed by atoms with van der Waals surface area (Å²) in [5.41, 5.74) is 0.751. The van der Waals surface area contributed by atoms with E-state index in [1.165, 1.54) is 0 Å². The maximum Gasteiger partial charge on any atom is 0.252 e. The van der Waals surface area contributed by atoms with Crippen LogP contribution in [0.5, 0.6) is 0 Å². The molecule has 0 saturated heterocycles. The van der Waals surface area contributed by atoms with Crippen molar-refractivity contribution in [3.8, 4) is 5.95 Å². The van der Waals surface area contributed by atoms with E-state index in [1.807, 2.05) is 6.07 Å². The number of nitrogens with one attached hydrogen (secondary N) is 1. The van der Waals surface area contributed by atoms with E-state index in [1.54, 1.807) is 23.1 Å². The molecule has 1 aliphatic carbocycles. The summed E-state index contributed by atoms with van der Waals surface area (Å²) in [4.78, 5) is 21.1. The molecule has 0 bridgehead atoms. The van der Waals surface area contributed by atoms with E-state index in [0.717, 1.165) is 25.0 Å². The molecule has 126 valence electrons. The molecule has 1 amide bonds. The summed E-state index contributed by atoms with van der Waals surface area (Å²) in [5.74, 6) is 1.10. The van der Waals surface area contributed by atoms with Crippen LogP contribution in [0.4, 0.5) is 5.82 Å². The van der Waals surface area contributed by atoms with Gasteiger partial charge in [0.2, 0.25) is 5.91 Å². The zero-order valence-corrected chi connectivity index (χ0v) is 14.4. The van der Waals surface area contributed by atoms with Crippen LogP contribution in [0.15, 0.2) is 36.7 Å². The Morgan fingerprint density at radius 3 is 2.62 bits per heavy atom. The summed E-state index contributed by atoms with van der Waals surface area (Å²) in [6.07, 6.45) is 10.1. The second kappa shape index (κ2) is 6.55. The molecule has 2 aromatic rings. The largest absolute Gasteiger partial charge is 0.310 e. The zero-order valence-electron chi connectivity index (χ0n) is 14.4. The molecular formula is C18H23N5O. The first-order chi connectivity index (χ1) is 11.4. The van der Waals surface area contributed by atoms with E-state index in [9.17, 15) is 4.79 Å². The van der Waals surface area contributed by atoms with E-state index in [2.05, 4.69) is 53.3 Å². The predicted octanol–water partition coefficient (Wildman–Crippen LogP) is 3.25. The normalized spacial score (nSPS) is 17.7. The number of amides is 1. The summed E-state index contributed by atoms with van der Waals surface area (Å²) in [7, 11) is 0. The molecule has 2 aromatic heterocycles. The van der Waals surface area contributed by atoms with Crippen molar-refractivity contribution in [3.05, 3.63) is 42.4 Å². The van der Waals surface area contributed by atoms with Gasteiger partial charge in [-0.05, 0) is 25.3 Å². The average Bonchev–Trinajstić information content (AvgIpc) is 3.00. The van der Waals surface area contributed by atoms with Crippen molar-refractivity contribution in [2.45, 2.75) is 45.4 Å². The van der Waals surface area contributed by atoms with Gasteiger partial charge in [0.15, 0.2) is 0 Å². The number of aromatic nitrogens is 4. The van der Waals surface area contributed by atoms with Gasteiger partial charge in [0.25, 0.3) is 5.95 Å². The first kappa shape index (κ1) is 16.4. The van der Waals surface area contributed by atoms with Crippen molar-refractivity contribution < 1.29 is 4.79 Å². The van der Waals surface area contributed by atoms with E-state index in [-0.39, 0.29) is 17.2 Å². The molecule has 0 saturated carbocycles. The molecule has 2 heterocycles. The van der Waals surface area contributed by atoms with Gasteiger partial charge in [0, 0.05) is 29.8 Å². The van der Waals surface area contributed by atoms with Crippen molar-refractivity contribution in [3.63, 3.8) is 0 Å². The van der Waals surface area contributed by atoms with Crippen molar-refractivity contribution in [2.75, 3.05) is 5.32 Å². The highest BCUT2D eigenvalue weighted by molar-refractivity contribution is 5.92. The van der Waals surface area contributed by atoms with Crippen LogP contribution in [0.25, 0.3) is 5.95 Å². The number of anilines is 1. The summed E-state index contributed by atoms with van der Waals surface area (Å²) in [5, 5.41) is 7.63. The molecule has 0 aliphatic heterocycles. The minimum absolute atomic E-state index is 0.00753. The van der Waals surface area contributed by atoms with E-state index in [4.69, 9.17) is 0 Å². The van der Waals surface area contributed by atoms with Crippen LogP contribution in [-0.2, 0) is 10.2 Å². The lowest BCUT2D eigenvalue weighted by Gasteiger charge is -2.17. The Hall–Kier alpha value is -2.50. The van der Waals surface area contributed by atoms with Gasteiger partial charge in [-0.15, -0.1) is 0 Å². The van der Waals surface area contributed by atoms with Gasteiger partial charge in [-0.2, -0.15) is 9.78 Å². The Morgan fingerprint density at radius 1 is 1.25 bits per heavy atom. The van der Waals surface area contributed by atoms with Crippen LogP contribution in [0.2, 0.25) is 0 Å². The number of rotatable bonds is 3. The Bertz CT molecular complexity index is 743. The fraction of sp³-hybridized carbons (Fsp3) is 0.444. The fourth-order valence-electron chi connectivity index (χ4n) is 2.65. The summed E-state index contributed by atoms with van der Waals surface area (Å²) in [6, 6.07) is 3.66. The molecule has 0 spiro atoms. The van der Waals surface area contributed by atoms with Crippen LogP contribution >= 0.6 is 0 Å². The number of hydrogen-bond donors (Lipinski definition) is 1. The quantitative estimate of drug-likeness (QED) is 0.879. The molecule has 0 aromatic carbocycles. The molecule has 0 fully saturated rings. The summed E-state index contributed by atoms with van der Waals surface area (Å²) in [6.45, 7) is 6.26. The minimum Gasteiger partial charge on any atom is -0.310 e. The molecule has 0 radical (unpaired) electrons. The fourth-order valence-corrected chi connectivity index (χ4v) is 2.65. The third kappa shape index (κ3) is 3.53. The lowest BCUT2D eigenvalue weighted by molar-refractivity contribution is -0.120. The van der Waals surface area contributed by atoms with Gasteiger partial charge in [0.05, 0.1) is 5.69 Å². The van der Waals surface area contributed by atoms with Crippen LogP contribution in [0, 0.1) is 5.92 Å². The Labute approximate surface area is 142 Å². The first-order valence-electron chi connectivity index (χ1n) is 8.29. The summed E-state index contributed by atoms with van der Waals surface area (Å²) < 4.78 is 1.61. The van der Waals surface area contributed by atoms with Crippen LogP contribution in [0.3, 0.4) is 0 Å². The maximum atomic E-state index is 12.6. The molecule has 6 nitrogen and oxygen atoms in total. The molecule has 6 heteroatoms. The number of allylic oxidation sites excluding steroid dienone is 2. The molecule has 24 heavy (non-hydrogen) atoms. The van der Waals surface area contributed by atoms with Crippen molar-refractivity contribution in [1.29, 1.82) is 0 Å². The molecule has 3 rings (SSSR count). The van der Waals surface area contributed by atoms with Crippen molar-refractivity contribution in [1.82, 2.24) is 19.7 Å². The average molecular weight is 325 g/mol. The molecule has 1 atom stereocenters. The molecular weight excluding hydrogens is 302 g/mol. The topological polar surface area (TPSA) is 72.7 Å². The van der Waals surface area contributed by atoms with Gasteiger partial charge in [0.1, 0.15) is 5.82 Å². The SMILES string of the molecule is CC(C)(C)c1cc(NC(=O)[C@@H]2CC=CCC2)n(-c2ncccn2)n1. The van der Waals surface area contributed by atoms with Gasteiger partial charge >= 0.3 is 0 Å². The van der Waals surface area contributed by atoms with Gasteiger partial charge in [-0.3, -0.25) is 4.79 Å². The zero-order chi connectivity index (χ0) is 17.2. The van der Waals surface area contributed by atoms with Crippen LogP contribution in [0.1, 0.15) is 45.7 Å². The highest BCUT2D eigenvalue weighted by Crippen LogP contribution is 2.26. The second-order valence-electron chi connectivity index (χ2n) is 7.10. The molecule has 0 unspecified atom stereocenters. The first-order valence-corrected chi connectivity index (χ1v) is 8.29. The minimum atomic E-state index is -0.132. The number of carbonyl (C=O) groups is 1. The number of carbonyl (C=O) groups excluding carboxylic acids is 1. The predicted molar refractivity (Wildman–Crippen MR) is 93.0 cm³/mol. The Balaban J connectivity index is 1.92. The highest BCUT2D eigenvalue weighted by atomic mass is 16.2. The van der Waals surface area contributed by atoms with E-state index >= 15 is 0 Å². The number of nitrogens with zero attached hydrogens (tertiary/aromatic N) is 4. The van der Waals surface area contributed by atoms with Gasteiger partial charge in [-0.1, -0.05) is 32.9 Å². The molecule has 1 N–H and O–H groups in total. The standard InChI is InChI=1S/C18H23N5O/c1-18(2,3)14-12-15(21-16(24)13-8-5-4-6-9-13)23(22-14)17-19-10-7-11-20-17/h4-5,7,10-13H,6,8-9H2,1-3H3,(H,21,24)/t13-/m1/s1. The summed E-state index contributed by atoms with van der Waals surface area (Å²) >= 11 is 0. The highest BCUT2D eigenvalue weighted by Gasteiger charge is 2.24. The van der Waals surface area contributed by atoms with E-state index < -0.39 is 0 Å². The third-order valence-corrected chi connectivity index (χ3v) is 4.11. The number of hydrogen-bond acceptors (Lipinski definition) is 4. The maximum absolute atomic E-state index is 12.6. The monoisotopic (exact) mass is 325 g/mol. The van der Waals surface area contributed by atoms with Crippen LogP contribution in [-0.4, -0.2) is 25.7 Å². The van der Waals surface area contributed by atoms with Crippen molar-refractivity contribution in [2.24, 2.45) is 5.92 Å². The lowest BCUT2D eigenvalue weighted by Crippen LogP contribution is -2.25. The Morgan fingerprint density at radius 2 is 2.00 bits per heavy atom. The van der Waals surface area contributed by atoms with E-state index in [0.29, 0.717) is 11.8 Å². The van der Waals surface area contributed by atoms with Gasteiger partial charge < -0.3 is 5.32 Å². The van der Waals surface area contributed by atoms with Crippen LogP contribution < -0.4 is 5.32 Å². The third-order valence-electron chi connectivity index (χ3n) is 4.11.